The van der Waals surface area contributed by atoms with Crippen molar-refractivity contribution in [3.63, 3.8) is 0 Å². The van der Waals surface area contributed by atoms with Crippen molar-refractivity contribution in [2.45, 2.75) is 50.5 Å². The van der Waals surface area contributed by atoms with Gasteiger partial charge in [-0.15, -0.1) is 0 Å². The van der Waals surface area contributed by atoms with E-state index in [0.717, 1.165) is 12.8 Å². The predicted octanol–water partition coefficient (Wildman–Crippen LogP) is -1.69. The second-order valence-electron chi connectivity index (χ2n) is 5.56. The lowest BCUT2D eigenvalue weighted by molar-refractivity contribution is -0.280. The topological polar surface area (TPSA) is 137 Å². The van der Waals surface area contributed by atoms with Crippen LogP contribution in [0.2, 0.25) is 0 Å². The molecule has 0 spiro atoms. The molecule has 1 rings (SSSR count). The zero-order valence-electron chi connectivity index (χ0n) is 12.0. The molecule has 0 saturated carbocycles. The van der Waals surface area contributed by atoms with E-state index in [1.54, 1.807) is 0 Å². The molecule has 6 N–H and O–H groups in total. The summed E-state index contributed by atoms with van der Waals surface area (Å²) in [4.78, 5) is 3.74. The lowest BCUT2D eigenvalue weighted by Crippen LogP contribution is -2.53. The average molecular weight is 288 g/mol. The molecule has 4 atom stereocenters. The number of aliphatic imine (C=N–C) groups is 1. The summed E-state index contributed by atoms with van der Waals surface area (Å²) < 4.78 is 5.22. The van der Waals surface area contributed by atoms with Crippen LogP contribution in [0.1, 0.15) is 32.6 Å². The molecule has 0 bridgehead atoms. The Balaban J connectivity index is 2.48. The zero-order chi connectivity index (χ0) is 15.2. The number of hydrogen-bond donors (Lipinski definition) is 4. The molecule has 7 heteroatoms. The maximum Gasteiger partial charge on any atom is 0.212 e. The van der Waals surface area contributed by atoms with Crippen molar-refractivity contribution in [1.29, 1.82) is 0 Å². The summed E-state index contributed by atoms with van der Waals surface area (Å²) >= 11 is 0. The van der Waals surface area contributed by atoms with E-state index in [4.69, 9.17) is 16.2 Å². The fraction of sp³-hybridized carbons (Fsp3) is 0.923. The van der Waals surface area contributed by atoms with Gasteiger partial charge in [0.2, 0.25) is 5.79 Å². The van der Waals surface area contributed by atoms with E-state index in [0.29, 0.717) is 26.0 Å². The first kappa shape index (κ1) is 17.3. The standard InChI is InChI=1S/C13H27N3O4/c1-9-6-11(17)13(19,20-7-9)8-16-12(18)10(15)4-2-3-5-14/h9-11,17,19H,2-8,14-15H2,1H3,(H,16,18)/p-1. The van der Waals surface area contributed by atoms with Crippen LogP contribution < -0.4 is 16.6 Å². The Morgan fingerprint density at radius 3 is 2.85 bits per heavy atom. The quantitative estimate of drug-likeness (QED) is 0.250. The second-order valence-corrected chi connectivity index (χ2v) is 5.56. The minimum atomic E-state index is -1.78. The molecule has 1 aliphatic rings. The Morgan fingerprint density at radius 2 is 2.25 bits per heavy atom. The van der Waals surface area contributed by atoms with Gasteiger partial charge in [0.1, 0.15) is 6.10 Å². The zero-order valence-corrected chi connectivity index (χ0v) is 12.0. The monoisotopic (exact) mass is 288 g/mol. The van der Waals surface area contributed by atoms with Crippen LogP contribution in [0.3, 0.4) is 0 Å². The molecule has 0 aromatic carbocycles. The van der Waals surface area contributed by atoms with Crippen molar-refractivity contribution in [1.82, 2.24) is 0 Å². The predicted molar refractivity (Wildman–Crippen MR) is 73.9 cm³/mol. The first-order chi connectivity index (χ1) is 9.39. The number of aliphatic hydroxyl groups excluding tert-OH is 1. The molecule has 7 nitrogen and oxygen atoms in total. The summed E-state index contributed by atoms with van der Waals surface area (Å²) in [5.41, 5.74) is 11.1. The molecule has 0 radical (unpaired) electrons. The third-order valence-corrected chi connectivity index (χ3v) is 3.51. The van der Waals surface area contributed by atoms with Gasteiger partial charge in [-0.3, -0.25) is 4.99 Å². The Morgan fingerprint density at radius 1 is 1.55 bits per heavy atom. The lowest BCUT2D eigenvalue weighted by Gasteiger charge is -2.38. The summed E-state index contributed by atoms with van der Waals surface area (Å²) in [6, 6.07) is -0.690. The van der Waals surface area contributed by atoms with Crippen LogP contribution in [0, 0.1) is 5.92 Å². The van der Waals surface area contributed by atoms with Crippen molar-refractivity contribution >= 4 is 5.90 Å². The molecule has 1 aliphatic heterocycles. The van der Waals surface area contributed by atoms with Gasteiger partial charge in [-0.25, -0.2) is 0 Å². The van der Waals surface area contributed by atoms with Crippen molar-refractivity contribution < 1.29 is 20.1 Å². The minimum Gasteiger partial charge on any atom is -0.861 e. The van der Waals surface area contributed by atoms with E-state index >= 15 is 0 Å². The van der Waals surface area contributed by atoms with E-state index in [9.17, 15) is 15.3 Å². The Kier molecular flexibility index (Phi) is 6.84. The Hall–Kier alpha value is -0.730. The van der Waals surface area contributed by atoms with Crippen LogP contribution >= 0.6 is 0 Å². The molecule has 1 fully saturated rings. The molecule has 118 valence electrons. The van der Waals surface area contributed by atoms with Gasteiger partial charge in [-0.1, -0.05) is 13.3 Å². The van der Waals surface area contributed by atoms with Crippen LogP contribution in [0.25, 0.3) is 0 Å². The van der Waals surface area contributed by atoms with Crippen molar-refractivity contribution in [3.8, 4) is 0 Å². The second kappa shape index (κ2) is 7.90. The average Bonchev–Trinajstić information content (AvgIpc) is 2.41. The molecule has 1 saturated heterocycles. The van der Waals surface area contributed by atoms with Gasteiger partial charge >= 0.3 is 0 Å². The molecule has 20 heavy (non-hydrogen) atoms. The number of nitrogens with two attached hydrogens (primary N) is 2. The first-order valence-corrected chi connectivity index (χ1v) is 7.10. The molecule has 0 aromatic rings. The SMILES string of the molecule is CC1COC(O)(CN=C([O-])C(N)CCCCN)C(O)C1. The molecule has 0 aliphatic carbocycles. The van der Waals surface area contributed by atoms with Crippen LogP contribution in [0.5, 0.6) is 0 Å². The maximum atomic E-state index is 11.7. The van der Waals surface area contributed by atoms with E-state index in [1.165, 1.54) is 0 Å². The molecule has 4 unspecified atom stereocenters. The van der Waals surface area contributed by atoms with Crippen molar-refractivity contribution in [2.75, 3.05) is 19.7 Å². The van der Waals surface area contributed by atoms with Gasteiger partial charge in [-0.2, -0.15) is 0 Å². The largest absolute Gasteiger partial charge is 0.861 e. The lowest BCUT2D eigenvalue weighted by atomic mass is 9.95. The first-order valence-electron chi connectivity index (χ1n) is 7.10. The normalized spacial score (nSPS) is 33.1. The molecular weight excluding hydrogens is 262 g/mol. The maximum absolute atomic E-state index is 11.7. The summed E-state index contributed by atoms with van der Waals surface area (Å²) in [5.74, 6) is -2.09. The number of unbranched alkanes of at least 4 members (excludes halogenated alkanes) is 1. The number of nitrogens with zero attached hydrogens (tertiary/aromatic N) is 1. The number of aliphatic hydroxyl groups is 2. The van der Waals surface area contributed by atoms with Gasteiger partial charge in [0.25, 0.3) is 0 Å². The third kappa shape index (κ3) is 4.99. The summed E-state index contributed by atoms with van der Waals surface area (Å²) in [6.45, 7) is 2.53. The van der Waals surface area contributed by atoms with Gasteiger partial charge in [0.15, 0.2) is 0 Å². The van der Waals surface area contributed by atoms with E-state index in [2.05, 4.69) is 4.99 Å². The highest BCUT2D eigenvalue weighted by Crippen LogP contribution is 2.26. The molecule has 0 aromatic heterocycles. The highest BCUT2D eigenvalue weighted by atomic mass is 16.6. The van der Waals surface area contributed by atoms with Crippen LogP contribution in [-0.4, -0.2) is 53.7 Å². The number of ether oxygens (including phenoxy) is 1. The Labute approximate surface area is 119 Å². The smallest absolute Gasteiger partial charge is 0.212 e. The van der Waals surface area contributed by atoms with Crippen molar-refractivity contribution in [3.05, 3.63) is 0 Å². The summed E-state index contributed by atoms with van der Waals surface area (Å²) in [5, 5.41) is 31.7. The van der Waals surface area contributed by atoms with Gasteiger partial charge in [-0.05, 0) is 37.6 Å². The van der Waals surface area contributed by atoms with Crippen LogP contribution in [0.15, 0.2) is 4.99 Å². The fourth-order valence-electron chi connectivity index (χ4n) is 2.11. The van der Waals surface area contributed by atoms with Gasteiger partial charge in [0, 0.05) is 6.04 Å². The highest BCUT2D eigenvalue weighted by molar-refractivity contribution is 5.77. The number of rotatable bonds is 7. The third-order valence-electron chi connectivity index (χ3n) is 3.51. The Bertz CT molecular complexity index is 327. The van der Waals surface area contributed by atoms with Crippen molar-refractivity contribution in [2.24, 2.45) is 22.4 Å². The van der Waals surface area contributed by atoms with Gasteiger partial charge < -0.3 is 31.5 Å². The fourth-order valence-corrected chi connectivity index (χ4v) is 2.11. The minimum absolute atomic E-state index is 0.166. The molecule has 0 amide bonds. The van der Waals surface area contributed by atoms with E-state index in [1.807, 2.05) is 6.92 Å². The molecular formula is C13H26N3O4-. The van der Waals surface area contributed by atoms with Gasteiger partial charge in [0.05, 0.1) is 13.2 Å². The summed E-state index contributed by atoms with van der Waals surface area (Å²) in [6.07, 6.45) is 1.46. The summed E-state index contributed by atoms with van der Waals surface area (Å²) in [7, 11) is 0. The molecule has 1 heterocycles. The number of hydrogen-bond acceptors (Lipinski definition) is 7. The van der Waals surface area contributed by atoms with E-state index in [-0.39, 0.29) is 12.5 Å². The highest BCUT2D eigenvalue weighted by Gasteiger charge is 2.41. The van der Waals surface area contributed by atoms with Crippen LogP contribution in [0.4, 0.5) is 0 Å². The van der Waals surface area contributed by atoms with Crippen LogP contribution in [-0.2, 0) is 4.74 Å². The van der Waals surface area contributed by atoms with E-state index < -0.39 is 23.8 Å².